The molecule has 0 saturated heterocycles. The van der Waals surface area contributed by atoms with Gasteiger partial charge in [0.05, 0.1) is 19.1 Å². The van der Waals surface area contributed by atoms with E-state index in [1.54, 1.807) is 6.92 Å². The topological polar surface area (TPSA) is 58.6 Å². The van der Waals surface area contributed by atoms with E-state index in [0.717, 1.165) is 5.56 Å². The van der Waals surface area contributed by atoms with Gasteiger partial charge in [0.2, 0.25) is 0 Å². The fourth-order valence-corrected chi connectivity index (χ4v) is 1.65. The lowest BCUT2D eigenvalue weighted by Gasteiger charge is -2.16. The van der Waals surface area contributed by atoms with Crippen molar-refractivity contribution < 1.29 is 14.6 Å². The van der Waals surface area contributed by atoms with Crippen LogP contribution in [-0.4, -0.2) is 30.3 Å². The normalized spacial score (nSPS) is 13.9. The van der Waals surface area contributed by atoms with Crippen LogP contribution in [0.2, 0.25) is 0 Å². The molecule has 0 spiro atoms. The van der Waals surface area contributed by atoms with Crippen molar-refractivity contribution in [2.45, 2.75) is 32.4 Å². The average molecular weight is 251 g/mol. The summed E-state index contributed by atoms with van der Waals surface area (Å²) in [6.45, 7) is 4.51. The van der Waals surface area contributed by atoms with E-state index in [1.807, 2.05) is 37.3 Å². The second kappa shape index (κ2) is 7.84. The average Bonchev–Trinajstić information content (AvgIpc) is 2.37. The third kappa shape index (κ3) is 5.29. The Bertz CT molecular complexity index is 353. The largest absolute Gasteiger partial charge is 0.466 e. The van der Waals surface area contributed by atoms with Gasteiger partial charge in [0.25, 0.3) is 0 Å². The van der Waals surface area contributed by atoms with Gasteiger partial charge in [-0.2, -0.15) is 0 Å². The molecule has 2 atom stereocenters. The summed E-state index contributed by atoms with van der Waals surface area (Å²) >= 11 is 0. The fourth-order valence-electron chi connectivity index (χ4n) is 1.65. The first-order valence-electron chi connectivity index (χ1n) is 6.25. The molecule has 0 radical (unpaired) electrons. The summed E-state index contributed by atoms with van der Waals surface area (Å²) in [6, 6.07) is 9.43. The molecule has 0 saturated carbocycles. The molecule has 2 unspecified atom stereocenters. The molecule has 0 aliphatic rings. The monoisotopic (exact) mass is 251 g/mol. The van der Waals surface area contributed by atoms with Crippen molar-refractivity contribution in [3.8, 4) is 0 Å². The van der Waals surface area contributed by atoms with Gasteiger partial charge in [-0.05, 0) is 19.4 Å². The Hall–Kier alpha value is -1.39. The van der Waals surface area contributed by atoms with Crippen LogP contribution in [-0.2, 0) is 9.53 Å². The minimum Gasteiger partial charge on any atom is -0.466 e. The molecular formula is C14H21NO3. The Kier molecular flexibility index (Phi) is 6.39. The highest BCUT2D eigenvalue weighted by molar-refractivity contribution is 5.69. The van der Waals surface area contributed by atoms with E-state index in [4.69, 9.17) is 4.74 Å². The van der Waals surface area contributed by atoms with Crippen LogP contribution in [0.4, 0.5) is 0 Å². The number of hydrogen-bond acceptors (Lipinski definition) is 4. The first-order valence-corrected chi connectivity index (χ1v) is 6.25. The number of esters is 1. The Morgan fingerprint density at radius 3 is 2.67 bits per heavy atom. The zero-order valence-electron chi connectivity index (χ0n) is 10.9. The maximum atomic E-state index is 11.2. The zero-order chi connectivity index (χ0) is 13.4. The van der Waals surface area contributed by atoms with Gasteiger partial charge < -0.3 is 15.2 Å². The van der Waals surface area contributed by atoms with Crippen LogP contribution in [0, 0.1) is 0 Å². The van der Waals surface area contributed by atoms with E-state index in [1.165, 1.54) is 0 Å². The van der Waals surface area contributed by atoms with Crippen LogP contribution >= 0.6 is 0 Å². The quantitative estimate of drug-likeness (QED) is 0.723. The molecule has 2 N–H and O–H groups in total. The van der Waals surface area contributed by atoms with E-state index >= 15 is 0 Å². The van der Waals surface area contributed by atoms with Gasteiger partial charge in [-0.1, -0.05) is 30.3 Å². The third-order valence-electron chi connectivity index (χ3n) is 2.62. The number of nitrogens with one attached hydrogen (secondary N) is 1. The van der Waals surface area contributed by atoms with Gasteiger partial charge in [0.15, 0.2) is 0 Å². The molecule has 4 heteroatoms. The summed E-state index contributed by atoms with van der Waals surface area (Å²) < 4.78 is 4.86. The number of aliphatic hydroxyl groups excluding tert-OH is 1. The van der Waals surface area contributed by atoms with Crippen LogP contribution in [0.25, 0.3) is 0 Å². The number of carbonyl (C=O) groups excluding carboxylic acids is 1. The molecule has 0 aliphatic carbocycles. The minimum absolute atomic E-state index is 0.0117. The van der Waals surface area contributed by atoms with Gasteiger partial charge in [0, 0.05) is 12.6 Å². The molecule has 100 valence electrons. The predicted octanol–water partition coefficient (Wildman–Crippen LogP) is 1.65. The maximum Gasteiger partial charge on any atom is 0.307 e. The summed E-state index contributed by atoms with van der Waals surface area (Å²) in [6.07, 6.45) is -0.245. The van der Waals surface area contributed by atoms with Crippen LogP contribution < -0.4 is 5.32 Å². The van der Waals surface area contributed by atoms with Crippen molar-refractivity contribution in [1.82, 2.24) is 5.32 Å². The standard InChI is InChI=1S/C14H21NO3/c1-3-18-14(17)9-11(2)15-10-13(16)12-7-5-4-6-8-12/h4-8,11,13,15-16H,3,9-10H2,1-2H3. The number of carbonyl (C=O) groups is 1. The number of hydrogen-bond donors (Lipinski definition) is 2. The summed E-state index contributed by atoms with van der Waals surface area (Å²) in [5.74, 6) is -0.216. The molecule has 1 rings (SSSR count). The van der Waals surface area contributed by atoms with Crippen LogP contribution in [0.1, 0.15) is 31.9 Å². The Balaban J connectivity index is 2.30. The second-order valence-electron chi connectivity index (χ2n) is 4.24. The van der Waals surface area contributed by atoms with Crippen molar-refractivity contribution in [3.05, 3.63) is 35.9 Å². The molecule has 0 fully saturated rings. The first-order chi connectivity index (χ1) is 8.63. The van der Waals surface area contributed by atoms with E-state index in [2.05, 4.69) is 5.32 Å². The Morgan fingerprint density at radius 1 is 1.39 bits per heavy atom. The molecule has 18 heavy (non-hydrogen) atoms. The number of rotatable bonds is 7. The van der Waals surface area contributed by atoms with Gasteiger partial charge in [-0.25, -0.2) is 0 Å². The molecule has 0 aliphatic heterocycles. The lowest BCUT2D eigenvalue weighted by atomic mass is 10.1. The highest BCUT2D eigenvalue weighted by Crippen LogP contribution is 2.11. The van der Waals surface area contributed by atoms with Crippen LogP contribution in [0.5, 0.6) is 0 Å². The highest BCUT2D eigenvalue weighted by Gasteiger charge is 2.12. The number of benzene rings is 1. The van der Waals surface area contributed by atoms with Gasteiger partial charge in [-0.3, -0.25) is 4.79 Å². The van der Waals surface area contributed by atoms with Gasteiger partial charge >= 0.3 is 5.97 Å². The number of ether oxygens (including phenoxy) is 1. The summed E-state index contributed by atoms with van der Waals surface area (Å²) in [7, 11) is 0. The SMILES string of the molecule is CCOC(=O)CC(C)NCC(O)c1ccccc1. The highest BCUT2D eigenvalue weighted by atomic mass is 16.5. The molecule has 0 bridgehead atoms. The molecule has 0 aromatic heterocycles. The first kappa shape index (κ1) is 14.7. The molecule has 1 aromatic rings. The fraction of sp³-hybridized carbons (Fsp3) is 0.500. The summed E-state index contributed by atoms with van der Waals surface area (Å²) in [5, 5.41) is 13.0. The van der Waals surface area contributed by atoms with Crippen molar-refractivity contribution in [3.63, 3.8) is 0 Å². The van der Waals surface area contributed by atoms with E-state index in [9.17, 15) is 9.90 Å². The van der Waals surface area contributed by atoms with E-state index in [-0.39, 0.29) is 12.0 Å². The second-order valence-corrected chi connectivity index (χ2v) is 4.24. The number of aliphatic hydroxyl groups is 1. The van der Waals surface area contributed by atoms with Crippen molar-refractivity contribution in [1.29, 1.82) is 0 Å². The minimum atomic E-state index is -0.559. The van der Waals surface area contributed by atoms with Crippen molar-refractivity contribution >= 4 is 5.97 Å². The third-order valence-corrected chi connectivity index (χ3v) is 2.62. The lowest BCUT2D eigenvalue weighted by molar-refractivity contribution is -0.143. The predicted molar refractivity (Wildman–Crippen MR) is 70.1 cm³/mol. The van der Waals surface area contributed by atoms with Gasteiger partial charge in [-0.15, -0.1) is 0 Å². The maximum absolute atomic E-state index is 11.2. The zero-order valence-corrected chi connectivity index (χ0v) is 10.9. The van der Waals surface area contributed by atoms with E-state index < -0.39 is 6.10 Å². The molecular weight excluding hydrogens is 230 g/mol. The molecule has 1 aromatic carbocycles. The van der Waals surface area contributed by atoms with Crippen LogP contribution in [0.3, 0.4) is 0 Å². The lowest BCUT2D eigenvalue weighted by Crippen LogP contribution is -2.32. The smallest absolute Gasteiger partial charge is 0.307 e. The van der Waals surface area contributed by atoms with Crippen LogP contribution in [0.15, 0.2) is 30.3 Å². The summed E-state index contributed by atoms with van der Waals surface area (Å²) in [5.41, 5.74) is 0.869. The Morgan fingerprint density at radius 2 is 2.06 bits per heavy atom. The molecule has 0 heterocycles. The molecule has 4 nitrogen and oxygen atoms in total. The van der Waals surface area contributed by atoms with Crippen molar-refractivity contribution in [2.75, 3.05) is 13.2 Å². The van der Waals surface area contributed by atoms with Crippen molar-refractivity contribution in [2.24, 2.45) is 0 Å². The van der Waals surface area contributed by atoms with E-state index in [0.29, 0.717) is 19.6 Å². The molecule has 0 amide bonds. The van der Waals surface area contributed by atoms with Gasteiger partial charge in [0.1, 0.15) is 0 Å². The summed E-state index contributed by atoms with van der Waals surface area (Å²) in [4.78, 5) is 11.2. The Labute approximate surface area is 108 Å².